The Labute approximate surface area is 122 Å². The molecule has 3 aromatic rings. The van der Waals surface area contributed by atoms with Crippen LogP contribution in [0.15, 0.2) is 39.4 Å². The van der Waals surface area contributed by atoms with Crippen LogP contribution in [0.25, 0.3) is 11.5 Å². The lowest BCUT2D eigenvalue weighted by molar-refractivity contribution is 0.392. The van der Waals surface area contributed by atoms with Gasteiger partial charge >= 0.3 is 0 Å². The number of benzene rings is 1. The topological polar surface area (TPSA) is 77.0 Å². The van der Waals surface area contributed by atoms with E-state index in [1.54, 1.807) is 0 Å². The van der Waals surface area contributed by atoms with E-state index in [0.29, 0.717) is 11.8 Å². The summed E-state index contributed by atoms with van der Waals surface area (Å²) in [4.78, 5) is 4.35. The number of nitrogens with zero attached hydrogens (tertiary/aromatic N) is 3. The van der Waals surface area contributed by atoms with Gasteiger partial charge < -0.3 is 14.4 Å². The minimum atomic E-state index is -0.0162. The fraction of sp³-hybridized carbons (Fsp3) is 0.267. The molecule has 0 spiro atoms. The monoisotopic (exact) mass is 284 g/mol. The SMILES string of the molecule is Cc1noc(C)c1[C@H](C)Nc1noc(-c2ccccc2)n1. The molecule has 108 valence electrons. The highest BCUT2D eigenvalue weighted by Crippen LogP contribution is 2.25. The fourth-order valence-corrected chi connectivity index (χ4v) is 2.35. The molecule has 6 heteroatoms. The van der Waals surface area contributed by atoms with E-state index in [9.17, 15) is 0 Å². The molecule has 0 unspecified atom stereocenters. The highest BCUT2D eigenvalue weighted by Gasteiger charge is 2.18. The summed E-state index contributed by atoms with van der Waals surface area (Å²) in [5.41, 5.74) is 2.77. The normalized spacial score (nSPS) is 12.3. The van der Waals surface area contributed by atoms with Crippen molar-refractivity contribution in [2.75, 3.05) is 5.32 Å². The van der Waals surface area contributed by atoms with E-state index in [1.807, 2.05) is 51.1 Å². The molecule has 0 saturated heterocycles. The fourth-order valence-electron chi connectivity index (χ4n) is 2.35. The van der Waals surface area contributed by atoms with Gasteiger partial charge in [-0.2, -0.15) is 4.98 Å². The van der Waals surface area contributed by atoms with E-state index in [2.05, 4.69) is 20.6 Å². The van der Waals surface area contributed by atoms with Crippen LogP contribution < -0.4 is 5.32 Å². The Bertz CT molecular complexity index is 714. The number of nitrogens with one attached hydrogen (secondary N) is 1. The van der Waals surface area contributed by atoms with Crippen molar-refractivity contribution < 1.29 is 9.05 Å². The van der Waals surface area contributed by atoms with Crippen molar-refractivity contribution in [2.45, 2.75) is 26.8 Å². The third-order valence-electron chi connectivity index (χ3n) is 3.31. The van der Waals surface area contributed by atoms with E-state index in [-0.39, 0.29) is 6.04 Å². The Kier molecular flexibility index (Phi) is 3.43. The molecule has 0 radical (unpaired) electrons. The summed E-state index contributed by atoms with van der Waals surface area (Å²) in [5.74, 6) is 1.73. The Hall–Kier alpha value is -2.63. The van der Waals surface area contributed by atoms with Crippen molar-refractivity contribution in [3.05, 3.63) is 47.3 Å². The van der Waals surface area contributed by atoms with Crippen LogP contribution in [-0.4, -0.2) is 15.3 Å². The summed E-state index contributed by atoms with van der Waals surface area (Å²) in [6.07, 6.45) is 0. The second kappa shape index (κ2) is 5.40. The van der Waals surface area contributed by atoms with Crippen molar-refractivity contribution in [3.63, 3.8) is 0 Å². The van der Waals surface area contributed by atoms with Crippen molar-refractivity contribution in [3.8, 4) is 11.5 Å². The molecule has 21 heavy (non-hydrogen) atoms. The quantitative estimate of drug-likeness (QED) is 0.790. The minimum Gasteiger partial charge on any atom is -0.361 e. The van der Waals surface area contributed by atoms with Gasteiger partial charge in [0.2, 0.25) is 0 Å². The molecule has 0 aliphatic heterocycles. The smallest absolute Gasteiger partial charge is 0.264 e. The van der Waals surface area contributed by atoms with Crippen LogP contribution in [0.1, 0.15) is 30.0 Å². The van der Waals surface area contributed by atoms with Crippen molar-refractivity contribution in [1.82, 2.24) is 15.3 Å². The van der Waals surface area contributed by atoms with Crippen LogP contribution in [-0.2, 0) is 0 Å². The molecule has 1 aromatic carbocycles. The average molecular weight is 284 g/mol. The van der Waals surface area contributed by atoms with Gasteiger partial charge in [-0.1, -0.05) is 23.4 Å². The molecule has 0 aliphatic rings. The number of anilines is 1. The molecule has 0 fully saturated rings. The van der Waals surface area contributed by atoms with Gasteiger partial charge in [-0.15, -0.1) is 0 Å². The van der Waals surface area contributed by atoms with Crippen LogP contribution in [0.3, 0.4) is 0 Å². The first kappa shape index (κ1) is 13.4. The molecule has 2 aromatic heterocycles. The second-order valence-electron chi connectivity index (χ2n) is 4.89. The molecule has 1 N–H and O–H groups in total. The van der Waals surface area contributed by atoms with E-state index >= 15 is 0 Å². The number of aryl methyl sites for hydroxylation is 2. The third-order valence-corrected chi connectivity index (χ3v) is 3.31. The Morgan fingerprint density at radius 1 is 1.05 bits per heavy atom. The highest BCUT2D eigenvalue weighted by molar-refractivity contribution is 5.53. The van der Waals surface area contributed by atoms with Crippen LogP contribution in [0.2, 0.25) is 0 Å². The summed E-state index contributed by atoms with van der Waals surface area (Å²) in [5, 5.41) is 11.1. The van der Waals surface area contributed by atoms with Gasteiger partial charge in [-0.25, -0.2) is 0 Å². The van der Waals surface area contributed by atoms with Gasteiger partial charge in [-0.05, 0) is 38.1 Å². The first-order valence-electron chi connectivity index (χ1n) is 6.73. The summed E-state index contributed by atoms with van der Waals surface area (Å²) >= 11 is 0. The van der Waals surface area contributed by atoms with Gasteiger partial charge in [0.05, 0.1) is 11.7 Å². The Morgan fingerprint density at radius 2 is 1.81 bits per heavy atom. The van der Waals surface area contributed by atoms with Crippen LogP contribution in [0, 0.1) is 13.8 Å². The summed E-state index contributed by atoms with van der Waals surface area (Å²) in [6.45, 7) is 5.81. The summed E-state index contributed by atoms with van der Waals surface area (Å²) in [6, 6.07) is 9.64. The zero-order valence-corrected chi connectivity index (χ0v) is 12.1. The number of rotatable bonds is 4. The molecular weight excluding hydrogens is 268 g/mol. The molecule has 6 nitrogen and oxygen atoms in total. The first-order valence-corrected chi connectivity index (χ1v) is 6.73. The number of hydrogen-bond acceptors (Lipinski definition) is 6. The van der Waals surface area contributed by atoms with Gasteiger partial charge in [0.1, 0.15) is 5.76 Å². The van der Waals surface area contributed by atoms with Crippen LogP contribution in [0.5, 0.6) is 0 Å². The van der Waals surface area contributed by atoms with Crippen molar-refractivity contribution >= 4 is 5.95 Å². The maximum Gasteiger partial charge on any atom is 0.264 e. The second-order valence-corrected chi connectivity index (χ2v) is 4.89. The van der Waals surface area contributed by atoms with Crippen LogP contribution >= 0.6 is 0 Å². The zero-order valence-electron chi connectivity index (χ0n) is 12.1. The predicted molar refractivity (Wildman–Crippen MR) is 77.7 cm³/mol. The van der Waals surface area contributed by atoms with Crippen molar-refractivity contribution in [2.24, 2.45) is 0 Å². The predicted octanol–water partition coefficient (Wildman–Crippen LogP) is 3.51. The zero-order chi connectivity index (χ0) is 14.8. The lowest BCUT2D eigenvalue weighted by Gasteiger charge is -2.10. The first-order chi connectivity index (χ1) is 10.1. The molecule has 0 bridgehead atoms. The highest BCUT2D eigenvalue weighted by atomic mass is 16.5. The van der Waals surface area contributed by atoms with E-state index in [0.717, 1.165) is 22.6 Å². The number of aromatic nitrogens is 3. The largest absolute Gasteiger partial charge is 0.361 e. The molecule has 3 rings (SSSR count). The minimum absolute atomic E-state index is 0.0162. The Morgan fingerprint density at radius 3 is 2.48 bits per heavy atom. The molecule has 0 aliphatic carbocycles. The van der Waals surface area contributed by atoms with Gasteiger partial charge in [0.25, 0.3) is 11.8 Å². The molecule has 2 heterocycles. The van der Waals surface area contributed by atoms with Gasteiger partial charge in [0.15, 0.2) is 0 Å². The summed E-state index contributed by atoms with van der Waals surface area (Å²) in [7, 11) is 0. The lowest BCUT2D eigenvalue weighted by Crippen LogP contribution is -2.09. The van der Waals surface area contributed by atoms with Gasteiger partial charge in [0, 0.05) is 11.1 Å². The molecule has 0 saturated carbocycles. The standard InChI is InChI=1S/C15H16N4O2/c1-9(13-10(2)18-20-11(13)3)16-15-17-14(21-19-15)12-7-5-4-6-8-12/h4-9H,1-3H3,(H,16,19)/t9-/m0/s1. The molecule has 0 amide bonds. The van der Waals surface area contributed by atoms with Crippen LogP contribution in [0.4, 0.5) is 5.95 Å². The molecular formula is C15H16N4O2. The van der Waals surface area contributed by atoms with Crippen molar-refractivity contribution in [1.29, 1.82) is 0 Å². The summed E-state index contributed by atoms with van der Waals surface area (Å²) < 4.78 is 10.4. The van der Waals surface area contributed by atoms with E-state index < -0.39 is 0 Å². The van der Waals surface area contributed by atoms with Gasteiger partial charge in [-0.3, -0.25) is 0 Å². The van der Waals surface area contributed by atoms with E-state index in [4.69, 9.17) is 9.05 Å². The number of hydrogen-bond donors (Lipinski definition) is 1. The maximum atomic E-state index is 5.27. The Balaban J connectivity index is 1.79. The maximum absolute atomic E-state index is 5.27. The lowest BCUT2D eigenvalue weighted by atomic mass is 10.1. The third kappa shape index (κ3) is 2.65. The average Bonchev–Trinajstić information content (AvgIpc) is 3.07. The van der Waals surface area contributed by atoms with E-state index in [1.165, 1.54) is 0 Å². The molecule has 1 atom stereocenters.